The molecule has 30 heavy (non-hydrogen) atoms. The quantitative estimate of drug-likeness (QED) is 0.726. The minimum absolute atomic E-state index is 0.00108. The van der Waals surface area contributed by atoms with E-state index in [1.165, 1.54) is 49.2 Å². The molecule has 0 spiro atoms. The minimum atomic E-state index is -0.234. The summed E-state index contributed by atoms with van der Waals surface area (Å²) in [7, 11) is 0. The van der Waals surface area contributed by atoms with Gasteiger partial charge in [0.1, 0.15) is 18.3 Å². The molecule has 2 heterocycles. The van der Waals surface area contributed by atoms with Gasteiger partial charge in [0.2, 0.25) is 5.91 Å². The largest absolute Gasteiger partial charge is 0.351 e. The van der Waals surface area contributed by atoms with E-state index in [9.17, 15) is 9.59 Å². The van der Waals surface area contributed by atoms with Crippen molar-refractivity contribution < 1.29 is 4.79 Å². The zero-order valence-corrected chi connectivity index (χ0v) is 16.8. The summed E-state index contributed by atoms with van der Waals surface area (Å²) in [4.78, 5) is 30.2. The summed E-state index contributed by atoms with van der Waals surface area (Å²) in [6.45, 7) is 0.00108. The van der Waals surface area contributed by atoms with Gasteiger partial charge in [0.25, 0.3) is 5.56 Å². The highest BCUT2D eigenvalue weighted by atomic mass is 16.2. The number of carbonyl (C=O) groups excluding carboxylic acids is 1. The van der Waals surface area contributed by atoms with Crippen LogP contribution in [0.1, 0.15) is 32.1 Å². The number of para-hydroxylation sites is 1. The molecule has 1 aromatic carbocycles. The number of nitrogens with zero attached hydrogens (tertiary/aromatic N) is 4. The third-order valence-corrected chi connectivity index (χ3v) is 7.42. The van der Waals surface area contributed by atoms with Crippen molar-refractivity contribution in [3.05, 3.63) is 53.2 Å². The maximum atomic E-state index is 12.9. The van der Waals surface area contributed by atoms with Crippen LogP contribution in [0.25, 0.3) is 16.7 Å². The highest BCUT2D eigenvalue weighted by Gasteiger charge is 2.48. The molecular formula is C23H25N5O2. The van der Waals surface area contributed by atoms with E-state index in [0.717, 1.165) is 17.5 Å². The summed E-state index contributed by atoms with van der Waals surface area (Å²) >= 11 is 0. The van der Waals surface area contributed by atoms with Crippen LogP contribution < -0.4 is 10.9 Å². The lowest BCUT2D eigenvalue weighted by molar-refractivity contribution is -0.125. The fourth-order valence-corrected chi connectivity index (χ4v) is 6.37. The Bertz CT molecular complexity index is 1140. The number of amides is 1. The fourth-order valence-electron chi connectivity index (χ4n) is 6.37. The molecule has 4 fully saturated rings. The van der Waals surface area contributed by atoms with Gasteiger partial charge in [0.05, 0.1) is 11.9 Å². The first-order valence-corrected chi connectivity index (χ1v) is 10.9. The molecular weight excluding hydrogens is 378 g/mol. The van der Waals surface area contributed by atoms with Crippen molar-refractivity contribution in [1.29, 1.82) is 0 Å². The molecule has 4 aliphatic carbocycles. The van der Waals surface area contributed by atoms with Crippen LogP contribution in [0.15, 0.2) is 47.7 Å². The van der Waals surface area contributed by atoms with Crippen LogP contribution in [-0.2, 0) is 11.3 Å². The number of benzene rings is 1. The average Bonchev–Trinajstić information content (AvgIpc) is 3.18. The van der Waals surface area contributed by atoms with Gasteiger partial charge in [-0.1, -0.05) is 18.2 Å². The molecule has 0 aliphatic heterocycles. The van der Waals surface area contributed by atoms with Crippen LogP contribution in [0, 0.1) is 23.7 Å². The highest BCUT2D eigenvalue weighted by molar-refractivity contribution is 5.78. The van der Waals surface area contributed by atoms with E-state index < -0.39 is 0 Å². The molecule has 154 valence electrons. The smallest absolute Gasteiger partial charge is 0.264 e. The highest BCUT2D eigenvalue weighted by Crippen LogP contribution is 2.53. The monoisotopic (exact) mass is 403 g/mol. The van der Waals surface area contributed by atoms with Crippen LogP contribution >= 0.6 is 0 Å². The number of hydrogen-bond donors (Lipinski definition) is 1. The van der Waals surface area contributed by atoms with Crippen LogP contribution in [0.4, 0.5) is 0 Å². The SMILES string of the molecule is O=C(Cn1cnc2c(cnn2-c2ccccc2)c1=O)NC1C2CC3CC(C2)CC1C3. The Balaban J connectivity index is 1.22. The molecule has 1 amide bonds. The van der Waals surface area contributed by atoms with Gasteiger partial charge in [-0.3, -0.25) is 14.2 Å². The van der Waals surface area contributed by atoms with E-state index in [2.05, 4.69) is 15.4 Å². The second kappa shape index (κ2) is 6.79. The summed E-state index contributed by atoms with van der Waals surface area (Å²) in [5.41, 5.74) is 1.11. The van der Waals surface area contributed by atoms with Crippen molar-refractivity contribution in [3.63, 3.8) is 0 Å². The Morgan fingerprint density at radius 2 is 1.73 bits per heavy atom. The predicted octanol–water partition coefficient (Wildman–Crippen LogP) is 2.52. The fraction of sp³-hybridized carbons (Fsp3) is 0.478. The Morgan fingerprint density at radius 1 is 1.03 bits per heavy atom. The summed E-state index contributed by atoms with van der Waals surface area (Å²) in [5, 5.41) is 8.02. The molecule has 7 rings (SSSR count). The van der Waals surface area contributed by atoms with Crippen LogP contribution in [0.5, 0.6) is 0 Å². The molecule has 1 N–H and O–H groups in total. The second-order valence-corrected chi connectivity index (χ2v) is 9.33. The normalized spacial score (nSPS) is 29.4. The summed E-state index contributed by atoms with van der Waals surface area (Å²) < 4.78 is 3.04. The lowest BCUT2D eigenvalue weighted by Crippen LogP contribution is -2.56. The number of fused-ring (bicyclic) bond motifs is 1. The standard InChI is InChI=1S/C23H25N5O2/c29-20(26-21-16-7-14-6-15(9-16)10-17(21)8-14)12-27-13-24-22-19(23(27)30)11-25-28(22)18-4-2-1-3-5-18/h1-5,11,13-17,21H,6-10,12H2,(H,26,29). The van der Waals surface area contributed by atoms with Gasteiger partial charge in [0, 0.05) is 6.04 Å². The Kier molecular flexibility index (Phi) is 4.04. The average molecular weight is 403 g/mol. The first-order chi connectivity index (χ1) is 14.7. The molecule has 7 nitrogen and oxygen atoms in total. The molecule has 7 heteroatoms. The number of rotatable bonds is 4. The van der Waals surface area contributed by atoms with Crippen molar-refractivity contribution >= 4 is 16.9 Å². The Labute approximate surface area is 174 Å². The molecule has 0 atom stereocenters. The van der Waals surface area contributed by atoms with E-state index >= 15 is 0 Å². The molecule has 4 saturated carbocycles. The van der Waals surface area contributed by atoms with Crippen molar-refractivity contribution in [2.24, 2.45) is 23.7 Å². The molecule has 4 bridgehead atoms. The van der Waals surface area contributed by atoms with Gasteiger partial charge in [-0.2, -0.15) is 5.10 Å². The topological polar surface area (TPSA) is 81.8 Å². The first-order valence-electron chi connectivity index (χ1n) is 10.9. The third-order valence-electron chi connectivity index (χ3n) is 7.42. The summed E-state index contributed by atoms with van der Waals surface area (Å²) in [5.74, 6) is 2.89. The molecule has 2 aromatic heterocycles. The number of hydrogen-bond acceptors (Lipinski definition) is 4. The van der Waals surface area contributed by atoms with E-state index in [1.807, 2.05) is 30.3 Å². The van der Waals surface area contributed by atoms with Crippen LogP contribution in [0.3, 0.4) is 0 Å². The molecule has 4 aliphatic rings. The molecule has 3 aromatic rings. The predicted molar refractivity (Wildman–Crippen MR) is 112 cm³/mol. The van der Waals surface area contributed by atoms with Gasteiger partial charge >= 0.3 is 0 Å². The van der Waals surface area contributed by atoms with Crippen molar-refractivity contribution in [2.45, 2.75) is 44.7 Å². The lowest BCUT2D eigenvalue weighted by Gasteiger charge is -2.54. The van der Waals surface area contributed by atoms with Gasteiger partial charge in [-0.15, -0.1) is 0 Å². The molecule has 0 radical (unpaired) electrons. The first kappa shape index (κ1) is 17.9. The second-order valence-electron chi connectivity index (χ2n) is 9.33. The van der Waals surface area contributed by atoms with E-state index in [0.29, 0.717) is 22.9 Å². The zero-order chi connectivity index (χ0) is 20.2. The van der Waals surface area contributed by atoms with Crippen molar-refractivity contribution in [1.82, 2.24) is 24.6 Å². The van der Waals surface area contributed by atoms with E-state index in [1.54, 1.807) is 4.68 Å². The van der Waals surface area contributed by atoms with Crippen LogP contribution in [-0.4, -0.2) is 31.3 Å². The zero-order valence-electron chi connectivity index (χ0n) is 16.8. The maximum Gasteiger partial charge on any atom is 0.264 e. The van der Waals surface area contributed by atoms with E-state index in [4.69, 9.17) is 0 Å². The number of carbonyl (C=O) groups is 1. The lowest BCUT2D eigenvalue weighted by atomic mass is 9.54. The number of aromatic nitrogens is 4. The Morgan fingerprint density at radius 3 is 2.43 bits per heavy atom. The van der Waals surface area contributed by atoms with Crippen LogP contribution in [0.2, 0.25) is 0 Å². The Hall–Kier alpha value is -2.96. The summed E-state index contributed by atoms with van der Waals surface area (Å²) in [6, 6.07) is 9.86. The van der Waals surface area contributed by atoms with Gasteiger partial charge in [-0.25, -0.2) is 9.67 Å². The molecule has 0 unspecified atom stereocenters. The van der Waals surface area contributed by atoms with Crippen molar-refractivity contribution in [2.75, 3.05) is 0 Å². The maximum absolute atomic E-state index is 12.9. The van der Waals surface area contributed by atoms with Crippen molar-refractivity contribution in [3.8, 4) is 5.69 Å². The van der Waals surface area contributed by atoms with Gasteiger partial charge in [-0.05, 0) is 67.9 Å². The van der Waals surface area contributed by atoms with Gasteiger partial charge < -0.3 is 5.32 Å². The minimum Gasteiger partial charge on any atom is -0.351 e. The molecule has 0 saturated heterocycles. The summed E-state index contributed by atoms with van der Waals surface area (Å²) in [6.07, 6.45) is 9.40. The number of nitrogens with one attached hydrogen (secondary N) is 1. The van der Waals surface area contributed by atoms with Gasteiger partial charge in [0.15, 0.2) is 5.65 Å². The third kappa shape index (κ3) is 2.87. The van der Waals surface area contributed by atoms with E-state index in [-0.39, 0.29) is 24.1 Å².